The Balaban J connectivity index is 2.27. The minimum absolute atomic E-state index is 0.111. The molecule has 0 aliphatic heterocycles. The van der Waals surface area contributed by atoms with Crippen molar-refractivity contribution in [2.24, 2.45) is 10.2 Å². The van der Waals surface area contributed by atoms with Crippen molar-refractivity contribution in [2.45, 2.75) is 0 Å². The highest BCUT2D eigenvalue weighted by molar-refractivity contribution is 6.40. The molecule has 6 heteroatoms. The standard InChI is InChI=1S/C12H10BF2N3/c14-13(15)18-9-5-4-8-12(18)17-16-10-11-6-2-1-3-7-11/h1-10H/b16-10+,17-12-. The average Bonchev–Trinajstić information content (AvgIpc) is 2.40. The predicted octanol–water partition coefficient (Wildman–Crippen LogP) is 2.19. The van der Waals surface area contributed by atoms with Gasteiger partial charge in [0.25, 0.3) is 0 Å². The summed E-state index contributed by atoms with van der Waals surface area (Å²) in [6.45, 7) is 0. The SMILES string of the molecule is FB(F)n1cccc/c1=N/N=C/c1ccccc1. The fraction of sp³-hybridized carbons (Fsp3) is 0. The summed E-state index contributed by atoms with van der Waals surface area (Å²) in [6, 6.07) is 14.0. The van der Waals surface area contributed by atoms with Crippen molar-refractivity contribution in [1.82, 2.24) is 4.48 Å². The van der Waals surface area contributed by atoms with Crippen LogP contribution in [0, 0.1) is 0 Å². The van der Waals surface area contributed by atoms with Crippen LogP contribution in [0.4, 0.5) is 8.63 Å². The van der Waals surface area contributed by atoms with Crippen LogP contribution in [-0.2, 0) is 0 Å². The van der Waals surface area contributed by atoms with Crippen LogP contribution in [0.25, 0.3) is 0 Å². The van der Waals surface area contributed by atoms with Crippen molar-refractivity contribution in [2.75, 3.05) is 0 Å². The largest absolute Gasteiger partial charge is 0.678 e. The van der Waals surface area contributed by atoms with E-state index >= 15 is 0 Å². The van der Waals surface area contributed by atoms with Crippen LogP contribution in [-0.4, -0.2) is 18.1 Å². The molecule has 3 nitrogen and oxygen atoms in total. The second-order valence-electron chi connectivity index (χ2n) is 3.50. The van der Waals surface area contributed by atoms with E-state index in [0.29, 0.717) is 0 Å². The summed E-state index contributed by atoms with van der Waals surface area (Å²) in [5, 5.41) is 7.58. The molecule has 1 heterocycles. The first kappa shape index (κ1) is 12.2. The Morgan fingerprint density at radius 1 is 1.00 bits per heavy atom. The lowest BCUT2D eigenvalue weighted by atomic mass is 10.2. The van der Waals surface area contributed by atoms with E-state index in [1.807, 2.05) is 30.3 Å². The third-order valence-electron chi connectivity index (χ3n) is 2.24. The van der Waals surface area contributed by atoms with Crippen LogP contribution >= 0.6 is 0 Å². The molecule has 90 valence electrons. The Bertz CT molecular complexity index is 594. The predicted molar refractivity (Wildman–Crippen MR) is 67.4 cm³/mol. The monoisotopic (exact) mass is 245 g/mol. The molecule has 0 radical (unpaired) electrons. The maximum atomic E-state index is 12.6. The average molecular weight is 245 g/mol. The number of hydrogen-bond acceptors (Lipinski definition) is 2. The van der Waals surface area contributed by atoms with E-state index < -0.39 is 7.40 Å². The van der Waals surface area contributed by atoms with Crippen molar-refractivity contribution < 1.29 is 8.63 Å². The van der Waals surface area contributed by atoms with Gasteiger partial charge in [-0.2, -0.15) is 5.10 Å². The summed E-state index contributed by atoms with van der Waals surface area (Å²) in [6.07, 6.45) is 2.78. The molecule has 2 rings (SSSR count). The maximum Gasteiger partial charge on any atom is 0.678 e. The first-order chi connectivity index (χ1) is 8.77. The van der Waals surface area contributed by atoms with Gasteiger partial charge in [0.2, 0.25) is 0 Å². The van der Waals surface area contributed by atoms with Gasteiger partial charge in [0, 0.05) is 0 Å². The van der Waals surface area contributed by atoms with Gasteiger partial charge in [-0.25, -0.2) is 0 Å². The van der Waals surface area contributed by atoms with Crippen LogP contribution in [0.1, 0.15) is 5.56 Å². The van der Waals surface area contributed by atoms with E-state index in [1.165, 1.54) is 24.5 Å². The number of rotatable bonds is 3. The first-order valence-electron chi connectivity index (χ1n) is 5.35. The number of pyridine rings is 1. The number of benzene rings is 1. The summed E-state index contributed by atoms with van der Waals surface area (Å²) >= 11 is 0. The molecule has 0 saturated carbocycles. The lowest BCUT2D eigenvalue weighted by molar-refractivity contribution is 0.619. The zero-order valence-corrected chi connectivity index (χ0v) is 9.45. The molecule has 0 spiro atoms. The maximum absolute atomic E-state index is 12.6. The highest BCUT2D eigenvalue weighted by Gasteiger charge is 2.15. The molecule has 0 unspecified atom stereocenters. The quantitative estimate of drug-likeness (QED) is 0.450. The molecule has 0 N–H and O–H groups in total. The molecule has 0 bridgehead atoms. The van der Waals surface area contributed by atoms with Crippen LogP contribution in [0.5, 0.6) is 0 Å². The molecule has 0 atom stereocenters. The third kappa shape index (κ3) is 3.13. The van der Waals surface area contributed by atoms with Gasteiger partial charge in [-0.3, -0.25) is 8.63 Å². The second kappa shape index (κ2) is 5.91. The number of aromatic nitrogens is 1. The van der Waals surface area contributed by atoms with Crippen LogP contribution in [0.2, 0.25) is 0 Å². The van der Waals surface area contributed by atoms with Crippen molar-refractivity contribution in [3.8, 4) is 0 Å². The van der Waals surface area contributed by atoms with Crippen molar-refractivity contribution in [1.29, 1.82) is 0 Å². The normalized spacial score (nSPS) is 12.0. The van der Waals surface area contributed by atoms with Crippen molar-refractivity contribution >= 4 is 13.6 Å². The fourth-order valence-corrected chi connectivity index (χ4v) is 1.39. The Morgan fingerprint density at radius 2 is 1.72 bits per heavy atom. The molecule has 1 aromatic carbocycles. The van der Waals surface area contributed by atoms with Gasteiger partial charge in [0.05, 0.1) is 6.21 Å². The van der Waals surface area contributed by atoms with E-state index in [9.17, 15) is 8.63 Å². The lowest BCUT2D eigenvalue weighted by Crippen LogP contribution is -2.28. The van der Waals surface area contributed by atoms with Crippen molar-refractivity contribution in [3.05, 3.63) is 65.8 Å². The highest BCUT2D eigenvalue weighted by atomic mass is 19.2. The molecule has 1 aromatic heterocycles. The van der Waals surface area contributed by atoms with E-state index in [4.69, 9.17) is 0 Å². The summed E-state index contributed by atoms with van der Waals surface area (Å²) in [7, 11) is -2.63. The molecule has 0 aliphatic carbocycles. The van der Waals surface area contributed by atoms with Gasteiger partial charge in [-0.15, -0.1) is 5.10 Å². The topological polar surface area (TPSA) is 29.6 Å². The van der Waals surface area contributed by atoms with E-state index in [-0.39, 0.29) is 5.49 Å². The Labute approximate surface area is 103 Å². The summed E-state index contributed by atoms with van der Waals surface area (Å²) in [4.78, 5) is 0. The minimum atomic E-state index is -2.63. The summed E-state index contributed by atoms with van der Waals surface area (Å²) in [5.74, 6) is 0. The van der Waals surface area contributed by atoms with Crippen LogP contribution in [0.3, 0.4) is 0 Å². The Kier molecular flexibility index (Phi) is 4.01. The highest BCUT2D eigenvalue weighted by Crippen LogP contribution is 1.94. The second-order valence-corrected chi connectivity index (χ2v) is 3.50. The van der Waals surface area contributed by atoms with Gasteiger partial charge in [0.1, 0.15) is 5.49 Å². The molecule has 2 aromatic rings. The fourth-order valence-electron chi connectivity index (χ4n) is 1.39. The molecule has 0 fully saturated rings. The number of halogens is 2. The van der Waals surface area contributed by atoms with Gasteiger partial charge in [-0.1, -0.05) is 36.4 Å². The number of nitrogens with zero attached hydrogens (tertiary/aromatic N) is 3. The van der Waals surface area contributed by atoms with Crippen molar-refractivity contribution in [3.63, 3.8) is 0 Å². The third-order valence-corrected chi connectivity index (χ3v) is 2.24. The van der Waals surface area contributed by atoms with E-state index in [1.54, 1.807) is 6.07 Å². The first-order valence-corrected chi connectivity index (χ1v) is 5.35. The molecule has 0 saturated heterocycles. The molecule has 0 aliphatic rings. The molecule has 0 amide bonds. The smallest absolute Gasteiger partial charge is 0.315 e. The van der Waals surface area contributed by atoms with Gasteiger partial charge in [0.15, 0.2) is 0 Å². The number of hydrogen-bond donors (Lipinski definition) is 0. The van der Waals surface area contributed by atoms with Gasteiger partial charge in [-0.05, 0) is 23.9 Å². The zero-order valence-electron chi connectivity index (χ0n) is 9.45. The van der Waals surface area contributed by atoms with Crippen LogP contribution in [0.15, 0.2) is 64.9 Å². The summed E-state index contributed by atoms with van der Waals surface area (Å²) in [5.41, 5.74) is 0.973. The Morgan fingerprint density at radius 3 is 2.44 bits per heavy atom. The molecule has 18 heavy (non-hydrogen) atoms. The summed E-state index contributed by atoms with van der Waals surface area (Å²) < 4.78 is 26.0. The van der Waals surface area contributed by atoms with Gasteiger partial charge >= 0.3 is 7.40 Å². The van der Waals surface area contributed by atoms with Crippen LogP contribution < -0.4 is 5.49 Å². The molecular formula is C12H10BF2N3. The lowest BCUT2D eigenvalue weighted by Gasteiger charge is -1.99. The van der Waals surface area contributed by atoms with E-state index in [0.717, 1.165) is 10.0 Å². The Hall–Kier alpha value is -2.24. The minimum Gasteiger partial charge on any atom is -0.315 e. The zero-order chi connectivity index (χ0) is 12.8. The molecular weight excluding hydrogens is 235 g/mol. The van der Waals surface area contributed by atoms with E-state index in [2.05, 4.69) is 10.2 Å². The van der Waals surface area contributed by atoms with Gasteiger partial charge < -0.3 is 4.48 Å².